The number of hydrogen-bond donors (Lipinski definition) is 1. The van der Waals surface area contributed by atoms with Gasteiger partial charge in [0.25, 0.3) is 0 Å². The minimum absolute atomic E-state index is 0.160. The molecule has 0 saturated carbocycles. The lowest BCUT2D eigenvalue weighted by Gasteiger charge is -2.20. The normalized spacial score (nSPS) is 13.7. The molecule has 0 saturated heterocycles. The summed E-state index contributed by atoms with van der Waals surface area (Å²) in [6.45, 7) is 1.49. The molecular weight excluding hydrogens is 307 g/mol. The second-order valence-electron chi connectivity index (χ2n) is 4.80. The summed E-state index contributed by atoms with van der Waals surface area (Å²) in [5.41, 5.74) is 9.69. The second-order valence-corrected chi connectivity index (χ2v) is 5.71. The van der Waals surface area contributed by atoms with Gasteiger partial charge in [-0.25, -0.2) is 4.39 Å². The molecule has 0 amide bonds. The zero-order chi connectivity index (χ0) is 13.4. The Kier molecular flexibility index (Phi) is 3.19. The van der Waals surface area contributed by atoms with E-state index in [-0.39, 0.29) is 5.82 Å². The summed E-state index contributed by atoms with van der Waals surface area (Å²) in [6.07, 6.45) is 0.968. The summed E-state index contributed by atoms with van der Waals surface area (Å²) in [5.74, 6) is -0.160. The summed E-state index contributed by atoms with van der Waals surface area (Å²) in [4.78, 5) is 2.19. The van der Waals surface area contributed by atoms with E-state index < -0.39 is 0 Å². The molecule has 19 heavy (non-hydrogen) atoms. The average Bonchev–Trinajstić information content (AvgIpc) is 2.76. The fourth-order valence-corrected chi connectivity index (χ4v) is 2.93. The number of halogens is 2. The van der Waals surface area contributed by atoms with Crippen molar-refractivity contribution in [2.24, 2.45) is 0 Å². The van der Waals surface area contributed by atoms with Gasteiger partial charge in [-0.3, -0.25) is 0 Å². The molecule has 1 aliphatic heterocycles. The highest BCUT2D eigenvalue weighted by Crippen LogP contribution is 2.31. The van der Waals surface area contributed by atoms with E-state index in [9.17, 15) is 4.39 Å². The zero-order valence-electron chi connectivity index (χ0n) is 10.4. The van der Waals surface area contributed by atoms with Crippen molar-refractivity contribution in [3.05, 3.63) is 57.8 Å². The highest BCUT2D eigenvalue weighted by molar-refractivity contribution is 9.10. The molecule has 0 atom stereocenters. The molecule has 0 radical (unpaired) electrons. The van der Waals surface area contributed by atoms with Crippen molar-refractivity contribution >= 4 is 27.3 Å². The number of fused-ring (bicyclic) bond motifs is 1. The SMILES string of the molecule is Nc1ccc2c(c1)CCN2Cc1cc(Br)ccc1F. The van der Waals surface area contributed by atoms with Crippen LogP contribution in [0.4, 0.5) is 15.8 Å². The van der Waals surface area contributed by atoms with E-state index in [2.05, 4.69) is 20.8 Å². The maximum atomic E-state index is 13.8. The van der Waals surface area contributed by atoms with Crippen LogP contribution in [0.15, 0.2) is 40.9 Å². The third-order valence-corrected chi connectivity index (χ3v) is 3.96. The van der Waals surface area contributed by atoms with Crippen LogP contribution in [-0.4, -0.2) is 6.54 Å². The Hall–Kier alpha value is -1.55. The van der Waals surface area contributed by atoms with Crippen molar-refractivity contribution < 1.29 is 4.39 Å². The number of nitrogens with two attached hydrogens (primary N) is 1. The Morgan fingerprint density at radius 3 is 2.89 bits per heavy atom. The summed E-state index contributed by atoms with van der Waals surface area (Å²) in [7, 11) is 0. The predicted molar refractivity (Wildman–Crippen MR) is 79.7 cm³/mol. The van der Waals surface area contributed by atoms with Gasteiger partial charge in [-0.15, -0.1) is 0 Å². The smallest absolute Gasteiger partial charge is 0.128 e. The molecule has 0 spiro atoms. The van der Waals surface area contributed by atoms with Crippen molar-refractivity contribution in [3.63, 3.8) is 0 Å². The van der Waals surface area contributed by atoms with Crippen LogP contribution < -0.4 is 10.6 Å². The van der Waals surface area contributed by atoms with Gasteiger partial charge < -0.3 is 10.6 Å². The van der Waals surface area contributed by atoms with Crippen LogP contribution in [0.3, 0.4) is 0 Å². The fourth-order valence-electron chi connectivity index (χ4n) is 2.52. The first-order chi connectivity index (χ1) is 9.13. The highest BCUT2D eigenvalue weighted by atomic mass is 79.9. The standard InChI is InChI=1S/C15H14BrFN2/c16-12-1-3-14(17)11(7-12)9-19-6-5-10-8-13(18)2-4-15(10)19/h1-4,7-8H,5-6,9,18H2. The van der Waals surface area contributed by atoms with E-state index >= 15 is 0 Å². The van der Waals surface area contributed by atoms with E-state index in [1.165, 1.54) is 11.6 Å². The Morgan fingerprint density at radius 2 is 2.05 bits per heavy atom. The molecule has 0 aliphatic carbocycles. The van der Waals surface area contributed by atoms with Crippen LogP contribution in [0.25, 0.3) is 0 Å². The van der Waals surface area contributed by atoms with Gasteiger partial charge in [-0.1, -0.05) is 15.9 Å². The molecule has 98 valence electrons. The Morgan fingerprint density at radius 1 is 1.21 bits per heavy atom. The van der Waals surface area contributed by atoms with Gasteiger partial charge in [0.1, 0.15) is 5.82 Å². The van der Waals surface area contributed by atoms with E-state index in [0.717, 1.165) is 28.8 Å². The molecule has 2 nitrogen and oxygen atoms in total. The zero-order valence-corrected chi connectivity index (χ0v) is 12.0. The van der Waals surface area contributed by atoms with E-state index in [1.54, 1.807) is 6.07 Å². The number of benzene rings is 2. The molecule has 0 bridgehead atoms. The van der Waals surface area contributed by atoms with Crippen LogP contribution in [0.1, 0.15) is 11.1 Å². The molecule has 3 rings (SSSR count). The lowest BCUT2D eigenvalue weighted by atomic mass is 10.1. The maximum absolute atomic E-state index is 13.8. The van der Waals surface area contributed by atoms with Crippen LogP contribution in [-0.2, 0) is 13.0 Å². The molecule has 0 unspecified atom stereocenters. The number of hydrogen-bond acceptors (Lipinski definition) is 2. The van der Waals surface area contributed by atoms with Gasteiger partial charge in [0.05, 0.1) is 0 Å². The van der Waals surface area contributed by atoms with Gasteiger partial charge in [-0.05, 0) is 48.4 Å². The number of anilines is 2. The van der Waals surface area contributed by atoms with Crippen LogP contribution >= 0.6 is 15.9 Å². The first-order valence-corrected chi connectivity index (χ1v) is 7.00. The topological polar surface area (TPSA) is 29.3 Å². The first-order valence-electron chi connectivity index (χ1n) is 6.21. The number of nitrogens with zero attached hydrogens (tertiary/aromatic N) is 1. The minimum atomic E-state index is -0.160. The first kappa shape index (κ1) is 12.5. The van der Waals surface area contributed by atoms with Crippen molar-refractivity contribution in [2.45, 2.75) is 13.0 Å². The average molecular weight is 321 g/mol. The van der Waals surface area contributed by atoms with Gasteiger partial charge in [-0.2, -0.15) is 0 Å². The summed E-state index contributed by atoms with van der Waals surface area (Å²) < 4.78 is 14.7. The summed E-state index contributed by atoms with van der Waals surface area (Å²) in [6, 6.07) is 11.0. The molecule has 4 heteroatoms. The Bertz CT molecular complexity index is 628. The second kappa shape index (κ2) is 4.85. The molecule has 1 aliphatic rings. The highest BCUT2D eigenvalue weighted by Gasteiger charge is 2.20. The maximum Gasteiger partial charge on any atom is 0.128 e. The predicted octanol–water partition coefficient (Wildman–Crippen LogP) is 3.73. The largest absolute Gasteiger partial charge is 0.399 e. The lowest BCUT2D eigenvalue weighted by Crippen LogP contribution is -2.20. The fraction of sp³-hybridized carbons (Fsp3) is 0.200. The lowest BCUT2D eigenvalue weighted by molar-refractivity contribution is 0.605. The molecular formula is C15H14BrFN2. The molecule has 2 aromatic carbocycles. The third kappa shape index (κ3) is 2.45. The molecule has 1 heterocycles. The number of rotatable bonds is 2. The molecule has 0 aromatic heterocycles. The summed E-state index contributed by atoms with van der Waals surface area (Å²) in [5, 5.41) is 0. The quantitative estimate of drug-likeness (QED) is 0.854. The van der Waals surface area contributed by atoms with Gasteiger partial charge in [0, 0.05) is 34.5 Å². The van der Waals surface area contributed by atoms with Crippen molar-refractivity contribution in [1.29, 1.82) is 0 Å². The number of nitrogen functional groups attached to an aromatic ring is 1. The van der Waals surface area contributed by atoms with Gasteiger partial charge >= 0.3 is 0 Å². The van der Waals surface area contributed by atoms with E-state index in [0.29, 0.717) is 12.1 Å². The van der Waals surface area contributed by atoms with Crippen LogP contribution in [0, 0.1) is 5.82 Å². The Balaban J connectivity index is 1.88. The van der Waals surface area contributed by atoms with Crippen LogP contribution in [0.2, 0.25) is 0 Å². The van der Waals surface area contributed by atoms with Crippen LogP contribution in [0.5, 0.6) is 0 Å². The van der Waals surface area contributed by atoms with Crippen molar-refractivity contribution in [1.82, 2.24) is 0 Å². The summed E-state index contributed by atoms with van der Waals surface area (Å²) >= 11 is 3.39. The van der Waals surface area contributed by atoms with Gasteiger partial charge in [0.15, 0.2) is 0 Å². The van der Waals surface area contributed by atoms with Crippen molar-refractivity contribution in [3.8, 4) is 0 Å². The van der Waals surface area contributed by atoms with Crippen molar-refractivity contribution in [2.75, 3.05) is 17.2 Å². The molecule has 0 fully saturated rings. The third-order valence-electron chi connectivity index (χ3n) is 3.46. The Labute approximate surface area is 120 Å². The van der Waals surface area contributed by atoms with E-state index in [4.69, 9.17) is 5.73 Å². The van der Waals surface area contributed by atoms with E-state index in [1.807, 2.05) is 24.3 Å². The molecule has 2 aromatic rings. The van der Waals surface area contributed by atoms with Gasteiger partial charge in [0.2, 0.25) is 0 Å². The molecule has 2 N–H and O–H groups in total. The minimum Gasteiger partial charge on any atom is -0.399 e. The monoisotopic (exact) mass is 320 g/mol.